The fourth-order valence-corrected chi connectivity index (χ4v) is 4.67. The van der Waals surface area contributed by atoms with E-state index in [-0.39, 0.29) is 23.5 Å². The number of carbonyl (C=O) groups is 1. The van der Waals surface area contributed by atoms with E-state index in [1.807, 2.05) is 11.8 Å². The van der Waals surface area contributed by atoms with Gasteiger partial charge in [0, 0.05) is 23.7 Å². The summed E-state index contributed by atoms with van der Waals surface area (Å²) >= 11 is 0. The van der Waals surface area contributed by atoms with Crippen molar-refractivity contribution in [3.05, 3.63) is 36.5 Å². The van der Waals surface area contributed by atoms with Crippen LogP contribution < -0.4 is 4.72 Å². The van der Waals surface area contributed by atoms with Crippen LogP contribution in [-0.4, -0.2) is 54.7 Å². The number of hydrogen-bond donors (Lipinski definition) is 2. The van der Waals surface area contributed by atoms with Gasteiger partial charge in [-0.05, 0) is 31.5 Å². The largest absolute Gasteiger partial charge is 0.480 e. The van der Waals surface area contributed by atoms with Gasteiger partial charge in [-0.3, -0.25) is 9.69 Å². The first-order valence-corrected chi connectivity index (χ1v) is 9.87. The molecule has 1 aromatic heterocycles. The second kappa shape index (κ2) is 7.56. The van der Waals surface area contributed by atoms with Gasteiger partial charge < -0.3 is 9.63 Å². The molecule has 26 heavy (non-hydrogen) atoms. The molecule has 1 aliphatic carbocycles. The predicted molar refractivity (Wildman–Crippen MR) is 94.0 cm³/mol. The van der Waals surface area contributed by atoms with Crippen LogP contribution in [0.2, 0.25) is 0 Å². The SMILES string of the molecule is CCN(CC(=O)O)C1CC(NS(=O)(=O)c2ccccc2-c2ccno2)C1. The lowest BCUT2D eigenvalue weighted by Crippen LogP contribution is -2.54. The zero-order valence-electron chi connectivity index (χ0n) is 14.3. The van der Waals surface area contributed by atoms with E-state index in [0.717, 1.165) is 0 Å². The minimum Gasteiger partial charge on any atom is -0.480 e. The third-order valence-corrected chi connectivity index (χ3v) is 6.15. The average Bonchev–Trinajstić information content (AvgIpc) is 3.10. The van der Waals surface area contributed by atoms with Gasteiger partial charge in [0.25, 0.3) is 0 Å². The Hall–Kier alpha value is -2.23. The van der Waals surface area contributed by atoms with Gasteiger partial charge in [-0.1, -0.05) is 24.2 Å². The first kappa shape index (κ1) is 18.6. The molecule has 2 N–H and O–H groups in total. The lowest BCUT2D eigenvalue weighted by atomic mass is 9.86. The van der Waals surface area contributed by atoms with Crippen molar-refractivity contribution in [2.45, 2.75) is 36.7 Å². The summed E-state index contributed by atoms with van der Waals surface area (Å²) < 4.78 is 33.4. The molecule has 1 fully saturated rings. The number of hydrogen-bond acceptors (Lipinski definition) is 6. The number of carboxylic acid groups (broad SMARTS) is 1. The molecule has 0 bridgehead atoms. The number of sulfonamides is 1. The van der Waals surface area contributed by atoms with E-state index in [0.29, 0.717) is 30.7 Å². The highest BCUT2D eigenvalue weighted by molar-refractivity contribution is 7.89. The zero-order valence-corrected chi connectivity index (χ0v) is 15.1. The van der Waals surface area contributed by atoms with Crippen LogP contribution in [0.25, 0.3) is 11.3 Å². The van der Waals surface area contributed by atoms with E-state index < -0.39 is 16.0 Å². The molecule has 0 saturated heterocycles. The van der Waals surface area contributed by atoms with Gasteiger partial charge in [-0.15, -0.1) is 0 Å². The molecule has 1 aliphatic rings. The van der Waals surface area contributed by atoms with Crippen molar-refractivity contribution < 1.29 is 22.8 Å². The van der Waals surface area contributed by atoms with Crippen molar-refractivity contribution in [2.75, 3.05) is 13.1 Å². The number of nitrogens with one attached hydrogen (secondary N) is 1. The lowest BCUT2D eigenvalue weighted by molar-refractivity contribution is -0.139. The Labute approximate surface area is 151 Å². The van der Waals surface area contributed by atoms with Crippen LogP contribution in [0.4, 0.5) is 0 Å². The number of nitrogens with zero attached hydrogens (tertiary/aromatic N) is 2. The number of likely N-dealkylation sites (N-methyl/N-ethyl adjacent to an activating group) is 1. The fourth-order valence-electron chi connectivity index (χ4n) is 3.20. The summed E-state index contributed by atoms with van der Waals surface area (Å²) in [7, 11) is -3.73. The first-order chi connectivity index (χ1) is 12.4. The molecule has 0 radical (unpaired) electrons. The standard InChI is InChI=1S/C17H21N3O5S/c1-2-20(11-17(21)22)13-9-12(10-13)19-26(23,24)16-6-4-3-5-14(16)15-7-8-18-25-15/h3-8,12-13,19H,2,9-11H2,1H3,(H,21,22). The molecule has 1 saturated carbocycles. The van der Waals surface area contributed by atoms with Crippen molar-refractivity contribution in [3.8, 4) is 11.3 Å². The Balaban J connectivity index is 1.69. The first-order valence-electron chi connectivity index (χ1n) is 8.39. The molecular weight excluding hydrogens is 358 g/mol. The molecule has 8 nitrogen and oxygen atoms in total. The molecule has 3 rings (SSSR count). The topological polar surface area (TPSA) is 113 Å². The maximum absolute atomic E-state index is 12.8. The Morgan fingerprint density at radius 2 is 2.08 bits per heavy atom. The van der Waals surface area contributed by atoms with E-state index >= 15 is 0 Å². The Kier molecular flexibility index (Phi) is 5.40. The molecule has 2 aromatic rings. The summed E-state index contributed by atoms with van der Waals surface area (Å²) in [4.78, 5) is 12.9. The summed E-state index contributed by atoms with van der Waals surface area (Å²) in [5.74, 6) is -0.493. The molecule has 0 unspecified atom stereocenters. The third kappa shape index (κ3) is 3.95. The minimum atomic E-state index is -3.73. The molecule has 1 heterocycles. The maximum Gasteiger partial charge on any atom is 0.317 e. The summed E-state index contributed by atoms with van der Waals surface area (Å²) in [5, 5.41) is 12.6. The number of aromatic nitrogens is 1. The van der Waals surface area contributed by atoms with Crippen molar-refractivity contribution in [1.82, 2.24) is 14.8 Å². The van der Waals surface area contributed by atoms with Crippen molar-refractivity contribution in [3.63, 3.8) is 0 Å². The maximum atomic E-state index is 12.8. The average molecular weight is 379 g/mol. The fraction of sp³-hybridized carbons (Fsp3) is 0.412. The van der Waals surface area contributed by atoms with Crippen LogP contribution in [0.3, 0.4) is 0 Å². The number of rotatable bonds is 8. The van der Waals surface area contributed by atoms with E-state index in [1.165, 1.54) is 12.3 Å². The molecule has 9 heteroatoms. The predicted octanol–water partition coefficient (Wildman–Crippen LogP) is 1.56. The van der Waals surface area contributed by atoms with E-state index in [2.05, 4.69) is 9.88 Å². The lowest BCUT2D eigenvalue weighted by Gasteiger charge is -2.42. The van der Waals surface area contributed by atoms with Crippen LogP contribution in [0.15, 0.2) is 45.9 Å². The molecular formula is C17H21N3O5S. The highest BCUT2D eigenvalue weighted by Gasteiger charge is 2.36. The van der Waals surface area contributed by atoms with Crippen LogP contribution in [0.1, 0.15) is 19.8 Å². The van der Waals surface area contributed by atoms with Crippen LogP contribution in [0, 0.1) is 0 Å². The number of aliphatic carboxylic acids is 1. The summed E-state index contributed by atoms with van der Waals surface area (Å²) in [6.07, 6.45) is 2.64. The second-order valence-electron chi connectivity index (χ2n) is 6.27. The molecule has 0 atom stereocenters. The van der Waals surface area contributed by atoms with E-state index in [1.54, 1.807) is 24.3 Å². The third-order valence-electron chi connectivity index (χ3n) is 4.58. The molecule has 0 spiro atoms. The van der Waals surface area contributed by atoms with Crippen molar-refractivity contribution in [1.29, 1.82) is 0 Å². The van der Waals surface area contributed by atoms with E-state index in [4.69, 9.17) is 9.63 Å². The zero-order chi connectivity index (χ0) is 18.7. The van der Waals surface area contributed by atoms with Gasteiger partial charge in [-0.2, -0.15) is 0 Å². The molecule has 140 valence electrons. The highest BCUT2D eigenvalue weighted by Crippen LogP contribution is 2.30. The Bertz CT molecular complexity index is 860. The summed E-state index contributed by atoms with van der Waals surface area (Å²) in [6.45, 7) is 2.48. The number of benzene rings is 1. The van der Waals surface area contributed by atoms with Crippen LogP contribution >= 0.6 is 0 Å². The molecule has 1 aromatic carbocycles. The van der Waals surface area contributed by atoms with Gasteiger partial charge in [-0.25, -0.2) is 13.1 Å². The van der Waals surface area contributed by atoms with Crippen molar-refractivity contribution >= 4 is 16.0 Å². The highest BCUT2D eigenvalue weighted by atomic mass is 32.2. The Morgan fingerprint density at radius 3 is 2.69 bits per heavy atom. The number of carboxylic acids is 1. The molecule has 0 amide bonds. The summed E-state index contributed by atoms with van der Waals surface area (Å²) in [6, 6.07) is 8.07. The normalized spacial score (nSPS) is 20.1. The monoisotopic (exact) mass is 379 g/mol. The van der Waals surface area contributed by atoms with Gasteiger partial charge in [0.05, 0.1) is 17.6 Å². The quantitative estimate of drug-likeness (QED) is 0.715. The smallest absolute Gasteiger partial charge is 0.317 e. The van der Waals surface area contributed by atoms with Gasteiger partial charge in [0.1, 0.15) is 0 Å². The summed E-state index contributed by atoms with van der Waals surface area (Å²) in [5.41, 5.74) is 0.453. The molecule has 0 aliphatic heterocycles. The van der Waals surface area contributed by atoms with Crippen LogP contribution in [0.5, 0.6) is 0 Å². The minimum absolute atomic E-state index is 0.0328. The van der Waals surface area contributed by atoms with Gasteiger partial charge in [0.15, 0.2) is 5.76 Å². The van der Waals surface area contributed by atoms with Crippen LogP contribution in [-0.2, 0) is 14.8 Å². The van der Waals surface area contributed by atoms with Gasteiger partial charge in [0.2, 0.25) is 10.0 Å². The Morgan fingerprint density at radius 1 is 1.35 bits per heavy atom. The van der Waals surface area contributed by atoms with Gasteiger partial charge >= 0.3 is 5.97 Å². The van der Waals surface area contributed by atoms with E-state index in [9.17, 15) is 13.2 Å². The van der Waals surface area contributed by atoms with Crippen molar-refractivity contribution in [2.24, 2.45) is 0 Å². The second-order valence-corrected chi connectivity index (χ2v) is 7.96.